The molecule has 2 N–H and O–H groups in total. The van der Waals surface area contributed by atoms with Gasteiger partial charge in [-0.05, 0) is 47.1 Å². The number of hydrogen-bond donors (Lipinski definition) is 2. The van der Waals surface area contributed by atoms with Crippen molar-refractivity contribution in [3.05, 3.63) is 0 Å². The summed E-state index contributed by atoms with van der Waals surface area (Å²) in [6.07, 6.45) is 5.11. The minimum Gasteiger partial charge on any atom is -0.396 e. The van der Waals surface area contributed by atoms with E-state index in [1.807, 2.05) is 27.7 Å². The van der Waals surface area contributed by atoms with Crippen LogP contribution in [0.3, 0.4) is 0 Å². The van der Waals surface area contributed by atoms with Gasteiger partial charge in [0.05, 0.1) is 0 Å². The smallest absolute Gasteiger partial charge is 0.190 e. The van der Waals surface area contributed by atoms with Crippen molar-refractivity contribution < 1.29 is 28.8 Å². The quantitative estimate of drug-likeness (QED) is 0.545. The average molecular weight is 402 g/mol. The molecule has 3 saturated heterocycles. The summed E-state index contributed by atoms with van der Waals surface area (Å²) in [5.41, 5.74) is 0. The maximum Gasteiger partial charge on any atom is 0.190 e. The number of aliphatic hydroxyl groups excluding tert-OH is 1. The fourth-order valence-corrected chi connectivity index (χ4v) is 4.50. The van der Waals surface area contributed by atoms with Gasteiger partial charge < -0.3 is 34.1 Å². The molecule has 0 aromatic rings. The van der Waals surface area contributed by atoms with Gasteiger partial charge >= 0.3 is 0 Å². The zero-order valence-corrected chi connectivity index (χ0v) is 18.1. The highest BCUT2D eigenvalue weighted by Crippen LogP contribution is 2.44. The highest BCUT2D eigenvalue weighted by molar-refractivity contribution is 5.03. The van der Waals surface area contributed by atoms with Crippen molar-refractivity contribution in [2.45, 2.75) is 121 Å². The van der Waals surface area contributed by atoms with E-state index in [0.717, 1.165) is 13.0 Å². The monoisotopic (exact) mass is 401 g/mol. The predicted octanol–water partition coefficient (Wildman–Crippen LogP) is 2.69. The van der Waals surface area contributed by atoms with Gasteiger partial charge in [0, 0.05) is 12.6 Å². The summed E-state index contributed by atoms with van der Waals surface area (Å²) in [4.78, 5) is 0. The molecule has 0 unspecified atom stereocenters. The van der Waals surface area contributed by atoms with Crippen LogP contribution in [0.2, 0.25) is 0 Å². The molecule has 3 fully saturated rings. The molecule has 0 aromatic heterocycles. The van der Waals surface area contributed by atoms with Crippen LogP contribution in [-0.2, 0) is 23.7 Å². The molecular weight excluding hydrogens is 362 g/mol. The molecule has 6 atom stereocenters. The van der Waals surface area contributed by atoms with Crippen LogP contribution in [-0.4, -0.2) is 66.6 Å². The molecule has 0 spiro atoms. The third-order valence-electron chi connectivity index (χ3n) is 5.71. The Hall–Kier alpha value is -0.280. The largest absolute Gasteiger partial charge is 0.396 e. The first-order chi connectivity index (χ1) is 13.3. The minimum atomic E-state index is -0.718. The van der Waals surface area contributed by atoms with Gasteiger partial charge in [-0.15, -0.1) is 0 Å². The predicted molar refractivity (Wildman–Crippen MR) is 105 cm³/mol. The SMILES string of the molecule is CCCCCCCN[C@@H](CCO)[C@H]1O[C@@H]2OC(C)(C)O[C@@H]2[C@H]2OC(C)(C)O[C@H]21. The number of fused-ring (bicyclic) bond motifs is 3. The second-order valence-corrected chi connectivity index (χ2v) is 9.12. The maximum absolute atomic E-state index is 9.63. The van der Waals surface area contributed by atoms with Gasteiger partial charge in [-0.3, -0.25) is 0 Å². The van der Waals surface area contributed by atoms with Gasteiger partial charge in [0.25, 0.3) is 0 Å². The Bertz CT molecular complexity index is 499. The van der Waals surface area contributed by atoms with Crippen molar-refractivity contribution in [2.24, 2.45) is 0 Å². The molecule has 3 rings (SSSR count). The Morgan fingerprint density at radius 1 is 0.857 bits per heavy atom. The number of hydrogen-bond acceptors (Lipinski definition) is 7. The lowest BCUT2D eigenvalue weighted by molar-refractivity contribution is -0.240. The summed E-state index contributed by atoms with van der Waals surface area (Å²) in [6.45, 7) is 10.8. The molecule has 28 heavy (non-hydrogen) atoms. The molecule has 0 radical (unpaired) electrons. The minimum absolute atomic E-state index is 0.0329. The Labute approximate surface area is 169 Å². The normalized spacial score (nSPS) is 36.9. The van der Waals surface area contributed by atoms with E-state index >= 15 is 0 Å². The van der Waals surface area contributed by atoms with Gasteiger partial charge in [-0.1, -0.05) is 32.6 Å². The first-order valence-corrected chi connectivity index (χ1v) is 11.0. The summed E-state index contributed by atoms with van der Waals surface area (Å²) in [7, 11) is 0. The van der Waals surface area contributed by atoms with E-state index in [1.165, 1.54) is 25.7 Å². The van der Waals surface area contributed by atoms with Crippen LogP contribution in [0.1, 0.15) is 73.1 Å². The third-order valence-corrected chi connectivity index (χ3v) is 5.71. The molecule has 3 aliphatic heterocycles. The van der Waals surface area contributed by atoms with Crippen LogP contribution in [0, 0.1) is 0 Å². The van der Waals surface area contributed by atoms with E-state index in [0.29, 0.717) is 6.42 Å². The summed E-state index contributed by atoms with van der Waals surface area (Å²) in [5.74, 6) is -1.42. The van der Waals surface area contributed by atoms with Crippen LogP contribution in [0.5, 0.6) is 0 Å². The molecule has 7 nitrogen and oxygen atoms in total. The summed E-state index contributed by atoms with van der Waals surface area (Å²) in [5, 5.41) is 13.2. The van der Waals surface area contributed by atoms with E-state index in [1.54, 1.807) is 0 Å². The zero-order chi connectivity index (χ0) is 20.4. The van der Waals surface area contributed by atoms with E-state index in [2.05, 4.69) is 12.2 Å². The average Bonchev–Trinajstić information content (AvgIpc) is 3.10. The van der Waals surface area contributed by atoms with Crippen LogP contribution < -0.4 is 5.32 Å². The fraction of sp³-hybridized carbons (Fsp3) is 1.00. The zero-order valence-electron chi connectivity index (χ0n) is 18.1. The number of nitrogens with one attached hydrogen (secondary N) is 1. The summed E-state index contributed by atoms with van der Waals surface area (Å²) < 4.78 is 30.8. The Morgan fingerprint density at radius 2 is 1.50 bits per heavy atom. The molecule has 0 aliphatic carbocycles. The molecule has 0 aromatic carbocycles. The summed E-state index contributed by atoms with van der Waals surface area (Å²) in [6, 6.07) is -0.0329. The van der Waals surface area contributed by atoms with Gasteiger partial charge in [0.2, 0.25) is 0 Å². The van der Waals surface area contributed by atoms with Gasteiger partial charge in [-0.2, -0.15) is 0 Å². The van der Waals surface area contributed by atoms with E-state index in [-0.39, 0.29) is 37.1 Å². The Balaban J connectivity index is 1.67. The Kier molecular flexibility index (Phi) is 7.40. The number of rotatable bonds is 10. The Morgan fingerprint density at radius 3 is 2.21 bits per heavy atom. The molecule has 0 saturated carbocycles. The van der Waals surface area contributed by atoms with E-state index in [9.17, 15) is 5.11 Å². The first-order valence-electron chi connectivity index (χ1n) is 11.0. The highest BCUT2D eigenvalue weighted by Gasteiger charge is 2.61. The van der Waals surface area contributed by atoms with Crippen molar-refractivity contribution in [2.75, 3.05) is 13.2 Å². The van der Waals surface area contributed by atoms with Gasteiger partial charge in [0.15, 0.2) is 17.9 Å². The lowest BCUT2D eigenvalue weighted by Crippen LogP contribution is -2.61. The number of aliphatic hydroxyl groups is 1. The van der Waals surface area contributed by atoms with Gasteiger partial charge in [-0.25, -0.2) is 0 Å². The molecular formula is C21H39NO6. The number of ether oxygens (including phenoxy) is 5. The summed E-state index contributed by atoms with van der Waals surface area (Å²) >= 11 is 0. The van der Waals surface area contributed by atoms with Crippen LogP contribution in [0.4, 0.5) is 0 Å². The maximum atomic E-state index is 9.63. The molecule has 3 aliphatic rings. The van der Waals surface area contributed by atoms with Gasteiger partial charge in [0.1, 0.15) is 24.4 Å². The van der Waals surface area contributed by atoms with Crippen molar-refractivity contribution >= 4 is 0 Å². The lowest BCUT2D eigenvalue weighted by atomic mass is 9.92. The van der Waals surface area contributed by atoms with E-state index in [4.69, 9.17) is 23.7 Å². The first kappa shape index (κ1) is 22.4. The molecule has 3 heterocycles. The molecule has 7 heteroatoms. The van der Waals surface area contributed by atoms with Crippen molar-refractivity contribution in [3.8, 4) is 0 Å². The number of unbranched alkanes of at least 4 members (excludes halogenated alkanes) is 4. The van der Waals surface area contributed by atoms with Crippen molar-refractivity contribution in [3.63, 3.8) is 0 Å². The lowest BCUT2D eigenvalue weighted by Gasteiger charge is -2.41. The van der Waals surface area contributed by atoms with Crippen molar-refractivity contribution in [1.82, 2.24) is 5.32 Å². The van der Waals surface area contributed by atoms with E-state index < -0.39 is 17.9 Å². The topological polar surface area (TPSA) is 78.4 Å². The van der Waals surface area contributed by atoms with Crippen molar-refractivity contribution in [1.29, 1.82) is 0 Å². The molecule has 0 amide bonds. The third kappa shape index (κ3) is 5.25. The molecule has 164 valence electrons. The van der Waals surface area contributed by atoms with Crippen LogP contribution in [0.25, 0.3) is 0 Å². The second-order valence-electron chi connectivity index (χ2n) is 9.12. The molecule has 0 bridgehead atoms. The second kappa shape index (κ2) is 9.25. The van der Waals surface area contributed by atoms with Crippen LogP contribution in [0.15, 0.2) is 0 Å². The standard InChI is InChI=1S/C21H39NO6/c1-6-7-8-9-10-12-22-14(11-13-23)15-16-17(26-20(2,3)25-16)18-19(24-15)28-21(4,5)27-18/h14-19,22-23H,6-13H2,1-5H3/t14-,15+,16-,17-,18+,19+/m0/s1. The fourth-order valence-electron chi connectivity index (χ4n) is 4.50. The van der Waals surface area contributed by atoms with Crippen LogP contribution >= 0.6 is 0 Å². The highest BCUT2D eigenvalue weighted by atomic mass is 16.9.